The lowest BCUT2D eigenvalue weighted by Crippen LogP contribution is -2.25. The first kappa shape index (κ1) is 18.6. The second kappa shape index (κ2) is 7.59. The minimum absolute atomic E-state index is 0.173. The van der Waals surface area contributed by atoms with Crippen LogP contribution in [-0.2, 0) is 4.79 Å². The molecule has 0 atom stereocenters. The Kier molecular flexibility index (Phi) is 5.23. The molecule has 2 aromatic carbocycles. The van der Waals surface area contributed by atoms with Gasteiger partial charge in [-0.3, -0.25) is 14.4 Å². The summed E-state index contributed by atoms with van der Waals surface area (Å²) in [7, 11) is 0. The van der Waals surface area contributed by atoms with E-state index in [4.69, 9.17) is 15.2 Å². The molecular formula is C20H20N2O5. The van der Waals surface area contributed by atoms with Gasteiger partial charge in [-0.15, -0.1) is 0 Å². The van der Waals surface area contributed by atoms with Gasteiger partial charge >= 0.3 is 0 Å². The molecule has 2 aromatic rings. The summed E-state index contributed by atoms with van der Waals surface area (Å²) in [5.74, 6) is -0.486. The average Bonchev–Trinajstić information content (AvgIpc) is 2.66. The Morgan fingerprint density at radius 3 is 2.30 bits per heavy atom. The van der Waals surface area contributed by atoms with E-state index < -0.39 is 5.91 Å². The van der Waals surface area contributed by atoms with Gasteiger partial charge in [0.1, 0.15) is 11.5 Å². The molecule has 0 heterocycles. The Morgan fingerprint density at radius 1 is 0.963 bits per heavy atom. The molecule has 1 amide bonds. The van der Waals surface area contributed by atoms with E-state index in [2.05, 4.69) is 5.32 Å². The molecule has 0 unspecified atom stereocenters. The molecule has 7 nitrogen and oxygen atoms in total. The van der Waals surface area contributed by atoms with Crippen molar-refractivity contribution < 1.29 is 23.9 Å². The van der Waals surface area contributed by atoms with E-state index in [0.29, 0.717) is 24.7 Å². The molecule has 0 aliphatic heterocycles. The van der Waals surface area contributed by atoms with Gasteiger partial charge in [0.05, 0.1) is 30.9 Å². The molecule has 1 aliphatic carbocycles. The van der Waals surface area contributed by atoms with Gasteiger partial charge in [-0.2, -0.15) is 0 Å². The summed E-state index contributed by atoms with van der Waals surface area (Å²) in [6.45, 7) is 4.04. The number of carbonyl (C=O) groups excluding carboxylic acids is 3. The van der Waals surface area contributed by atoms with Crippen molar-refractivity contribution in [1.29, 1.82) is 0 Å². The fraction of sp³-hybridized carbons (Fsp3) is 0.250. The van der Waals surface area contributed by atoms with Gasteiger partial charge in [0.2, 0.25) is 11.7 Å². The highest BCUT2D eigenvalue weighted by Gasteiger charge is 2.35. The molecule has 0 aromatic heterocycles. The van der Waals surface area contributed by atoms with Gasteiger partial charge in [0.15, 0.2) is 5.78 Å². The molecule has 0 saturated carbocycles. The van der Waals surface area contributed by atoms with Crippen molar-refractivity contribution in [3.8, 4) is 11.5 Å². The average molecular weight is 368 g/mol. The zero-order valence-electron chi connectivity index (χ0n) is 15.1. The number of rotatable bonds is 6. The SMILES string of the molecule is CCOc1cccc2c1C(=O)c1c(OCC)cc(NC(=O)CN)cc1C2=O. The molecule has 0 spiro atoms. The number of nitrogens with one attached hydrogen (secondary N) is 1. The Bertz CT molecular complexity index is 936. The molecule has 27 heavy (non-hydrogen) atoms. The number of nitrogens with two attached hydrogens (primary N) is 1. The molecule has 7 heteroatoms. The molecule has 1 aliphatic rings. The van der Waals surface area contributed by atoms with Crippen LogP contribution in [0.2, 0.25) is 0 Å². The van der Waals surface area contributed by atoms with E-state index in [1.807, 2.05) is 0 Å². The Labute approximate surface area is 156 Å². The highest BCUT2D eigenvalue weighted by atomic mass is 16.5. The second-order valence-electron chi connectivity index (χ2n) is 5.85. The summed E-state index contributed by atoms with van der Waals surface area (Å²) in [4.78, 5) is 37.9. The first-order chi connectivity index (χ1) is 13.0. The van der Waals surface area contributed by atoms with E-state index in [1.54, 1.807) is 32.0 Å². The zero-order valence-corrected chi connectivity index (χ0v) is 15.1. The first-order valence-electron chi connectivity index (χ1n) is 8.67. The van der Waals surface area contributed by atoms with Crippen LogP contribution in [0.15, 0.2) is 30.3 Å². The molecule has 3 N–H and O–H groups in total. The first-order valence-corrected chi connectivity index (χ1v) is 8.67. The summed E-state index contributed by atoms with van der Waals surface area (Å²) >= 11 is 0. The summed E-state index contributed by atoms with van der Waals surface area (Å²) in [5.41, 5.74) is 6.53. The molecule has 0 fully saturated rings. The third kappa shape index (κ3) is 3.29. The van der Waals surface area contributed by atoms with Crippen LogP contribution < -0.4 is 20.5 Å². The lowest BCUT2D eigenvalue weighted by Gasteiger charge is -2.23. The molecule has 0 radical (unpaired) electrons. The summed E-state index contributed by atoms with van der Waals surface area (Å²) in [6.07, 6.45) is 0. The molecular weight excluding hydrogens is 348 g/mol. The fourth-order valence-corrected chi connectivity index (χ4v) is 3.08. The van der Waals surface area contributed by atoms with Crippen LogP contribution in [-0.4, -0.2) is 37.2 Å². The quantitative estimate of drug-likeness (QED) is 0.690. The standard InChI is InChI=1S/C20H20N2O5/c1-3-26-14-7-5-6-12-17(14)20(25)18-13(19(12)24)8-11(22-16(23)10-21)9-15(18)27-4-2/h5-9H,3-4,10,21H2,1-2H3,(H,22,23). The third-order valence-corrected chi connectivity index (χ3v) is 4.14. The van der Waals surface area contributed by atoms with E-state index in [1.165, 1.54) is 12.1 Å². The van der Waals surface area contributed by atoms with Crippen LogP contribution in [0, 0.1) is 0 Å². The number of anilines is 1. The van der Waals surface area contributed by atoms with E-state index in [0.717, 1.165) is 0 Å². The maximum atomic E-state index is 13.2. The number of carbonyl (C=O) groups is 3. The lowest BCUT2D eigenvalue weighted by molar-refractivity contribution is -0.114. The predicted molar refractivity (Wildman–Crippen MR) is 99.8 cm³/mol. The van der Waals surface area contributed by atoms with Crippen molar-refractivity contribution >= 4 is 23.2 Å². The van der Waals surface area contributed by atoms with Gasteiger partial charge in [-0.1, -0.05) is 12.1 Å². The van der Waals surface area contributed by atoms with Crippen molar-refractivity contribution in [2.24, 2.45) is 5.73 Å². The zero-order chi connectivity index (χ0) is 19.6. The van der Waals surface area contributed by atoms with Gasteiger partial charge in [0.25, 0.3) is 0 Å². The molecule has 0 bridgehead atoms. The smallest absolute Gasteiger partial charge is 0.238 e. The van der Waals surface area contributed by atoms with Crippen LogP contribution >= 0.6 is 0 Å². The Hall–Kier alpha value is -3.19. The highest BCUT2D eigenvalue weighted by Crippen LogP contribution is 2.39. The van der Waals surface area contributed by atoms with Crippen molar-refractivity contribution in [3.05, 3.63) is 52.6 Å². The Balaban J connectivity index is 2.20. The number of benzene rings is 2. The number of ketones is 2. The van der Waals surface area contributed by atoms with Gasteiger partial charge < -0.3 is 20.5 Å². The molecule has 0 saturated heterocycles. The highest BCUT2D eigenvalue weighted by molar-refractivity contribution is 6.30. The molecule has 3 rings (SSSR count). The third-order valence-electron chi connectivity index (χ3n) is 4.14. The second-order valence-corrected chi connectivity index (χ2v) is 5.85. The van der Waals surface area contributed by atoms with Crippen LogP contribution in [0.4, 0.5) is 5.69 Å². The van der Waals surface area contributed by atoms with Crippen molar-refractivity contribution in [2.45, 2.75) is 13.8 Å². The summed E-state index contributed by atoms with van der Waals surface area (Å²) in [6, 6.07) is 7.92. The normalized spacial score (nSPS) is 12.3. The lowest BCUT2D eigenvalue weighted by atomic mass is 9.82. The van der Waals surface area contributed by atoms with Crippen molar-refractivity contribution in [3.63, 3.8) is 0 Å². The summed E-state index contributed by atoms with van der Waals surface area (Å²) in [5, 5.41) is 2.60. The van der Waals surface area contributed by atoms with Gasteiger partial charge in [-0.25, -0.2) is 0 Å². The Morgan fingerprint density at radius 2 is 1.63 bits per heavy atom. The molecule has 140 valence electrons. The fourth-order valence-electron chi connectivity index (χ4n) is 3.08. The minimum Gasteiger partial charge on any atom is -0.493 e. The van der Waals surface area contributed by atoms with Crippen LogP contribution in [0.25, 0.3) is 0 Å². The van der Waals surface area contributed by atoms with Gasteiger partial charge in [0, 0.05) is 22.9 Å². The van der Waals surface area contributed by atoms with E-state index >= 15 is 0 Å². The van der Waals surface area contributed by atoms with E-state index in [-0.39, 0.29) is 46.1 Å². The number of ether oxygens (including phenoxy) is 2. The predicted octanol–water partition coefficient (Wildman–Crippen LogP) is 2.16. The largest absolute Gasteiger partial charge is 0.493 e. The number of fused-ring (bicyclic) bond motifs is 2. The number of hydrogen-bond acceptors (Lipinski definition) is 6. The van der Waals surface area contributed by atoms with Crippen molar-refractivity contribution in [2.75, 3.05) is 25.1 Å². The maximum absolute atomic E-state index is 13.2. The van der Waals surface area contributed by atoms with E-state index in [9.17, 15) is 14.4 Å². The van der Waals surface area contributed by atoms with Crippen LogP contribution in [0.3, 0.4) is 0 Å². The van der Waals surface area contributed by atoms with Crippen molar-refractivity contribution in [1.82, 2.24) is 0 Å². The topological polar surface area (TPSA) is 108 Å². The van der Waals surface area contributed by atoms with Gasteiger partial charge in [-0.05, 0) is 26.0 Å². The van der Waals surface area contributed by atoms with Crippen LogP contribution in [0.5, 0.6) is 11.5 Å². The summed E-state index contributed by atoms with van der Waals surface area (Å²) < 4.78 is 11.1. The maximum Gasteiger partial charge on any atom is 0.238 e. The monoisotopic (exact) mass is 368 g/mol. The van der Waals surface area contributed by atoms with Crippen LogP contribution in [0.1, 0.15) is 45.7 Å². The number of hydrogen-bond donors (Lipinski definition) is 2. The number of amides is 1. The minimum atomic E-state index is -0.411.